The number of aliphatic hydroxyl groups excluding tert-OH is 1. The zero-order valence-electron chi connectivity index (χ0n) is 25.1. The number of nitrogens with zero attached hydrogens (tertiary/aromatic N) is 1. The van der Waals surface area contributed by atoms with Crippen molar-refractivity contribution in [3.8, 4) is 5.75 Å². The molecule has 3 saturated heterocycles. The first-order chi connectivity index (χ1) is 20.1. The third kappa shape index (κ3) is 5.28. The smallest absolute Gasteiger partial charge is 0.250 e. The molecule has 3 N–H and O–H groups in total. The zero-order valence-corrected chi connectivity index (χ0v) is 25.1. The van der Waals surface area contributed by atoms with Gasteiger partial charge < -0.3 is 30.1 Å². The van der Waals surface area contributed by atoms with E-state index in [1.165, 1.54) is 0 Å². The second kappa shape index (κ2) is 12.1. The lowest BCUT2D eigenvalue weighted by Gasteiger charge is -2.33. The summed E-state index contributed by atoms with van der Waals surface area (Å²) in [4.78, 5) is 44.0. The van der Waals surface area contributed by atoms with E-state index in [1.54, 1.807) is 29.2 Å². The fraction of sp³-hybridized carbons (Fsp3) is 0.545. The molecule has 2 aromatic rings. The standard InChI is InChI=1S/C33H43N3O6/c1-5-41-24-15-13-23(14-16-24)34-29(38)25-26-31(40)36(19-8-6-7-9-20-37)28(33(26)18-17-32(25,4)42-33)30(39)35-27-21(2)11-10-12-22(27)3/h10-16,25-26,28,37H,5-9,17-20H2,1-4H3,(H,34,38)(H,35,39)/t25-,26+,28?,32+,33?/m1/s1. The number of amides is 3. The summed E-state index contributed by atoms with van der Waals surface area (Å²) in [6.07, 6.45) is 4.17. The summed E-state index contributed by atoms with van der Waals surface area (Å²) in [5, 5.41) is 15.3. The highest BCUT2D eigenvalue weighted by atomic mass is 16.5. The van der Waals surface area contributed by atoms with Crippen molar-refractivity contribution in [2.75, 3.05) is 30.4 Å². The molecule has 0 saturated carbocycles. The monoisotopic (exact) mass is 577 g/mol. The van der Waals surface area contributed by atoms with E-state index in [0.29, 0.717) is 50.3 Å². The highest BCUT2D eigenvalue weighted by molar-refractivity contribution is 6.05. The van der Waals surface area contributed by atoms with Crippen LogP contribution < -0.4 is 15.4 Å². The number of anilines is 2. The van der Waals surface area contributed by atoms with Crippen LogP contribution in [0, 0.1) is 25.7 Å². The number of para-hydroxylation sites is 1. The molecule has 3 fully saturated rings. The number of aryl methyl sites for hydroxylation is 2. The summed E-state index contributed by atoms with van der Waals surface area (Å²) in [6, 6.07) is 12.2. The van der Waals surface area contributed by atoms with E-state index in [2.05, 4.69) is 10.6 Å². The first-order valence-electron chi connectivity index (χ1n) is 15.2. The lowest BCUT2D eigenvalue weighted by Crippen LogP contribution is -2.53. The number of ether oxygens (including phenoxy) is 2. The largest absolute Gasteiger partial charge is 0.494 e. The fourth-order valence-electron chi connectivity index (χ4n) is 7.34. The van der Waals surface area contributed by atoms with Gasteiger partial charge in [-0.1, -0.05) is 31.0 Å². The topological polar surface area (TPSA) is 117 Å². The second-order valence-corrected chi connectivity index (χ2v) is 12.1. The summed E-state index contributed by atoms with van der Waals surface area (Å²) >= 11 is 0. The summed E-state index contributed by atoms with van der Waals surface area (Å²) in [6.45, 7) is 8.77. The van der Waals surface area contributed by atoms with Crippen molar-refractivity contribution < 1.29 is 29.0 Å². The van der Waals surface area contributed by atoms with Gasteiger partial charge in [0.2, 0.25) is 17.7 Å². The highest BCUT2D eigenvalue weighted by Crippen LogP contribution is 2.63. The maximum absolute atomic E-state index is 14.2. The van der Waals surface area contributed by atoms with E-state index < -0.39 is 29.1 Å². The van der Waals surface area contributed by atoms with E-state index in [0.717, 1.165) is 29.7 Å². The molecular weight excluding hydrogens is 534 g/mol. The maximum atomic E-state index is 14.2. The zero-order chi connectivity index (χ0) is 30.1. The van der Waals surface area contributed by atoms with Crippen molar-refractivity contribution in [2.45, 2.75) is 83.5 Å². The number of rotatable bonds is 12. The molecule has 5 atom stereocenters. The first-order valence-corrected chi connectivity index (χ1v) is 15.2. The molecule has 9 nitrogen and oxygen atoms in total. The Morgan fingerprint density at radius 2 is 1.69 bits per heavy atom. The van der Waals surface area contributed by atoms with Gasteiger partial charge in [0, 0.05) is 24.5 Å². The van der Waals surface area contributed by atoms with Crippen LogP contribution in [0.4, 0.5) is 11.4 Å². The van der Waals surface area contributed by atoms with Gasteiger partial charge in [-0.3, -0.25) is 14.4 Å². The van der Waals surface area contributed by atoms with E-state index in [9.17, 15) is 14.4 Å². The molecule has 3 heterocycles. The molecule has 3 amide bonds. The SMILES string of the molecule is CCOc1ccc(NC(=O)[C@H]2[C@H]3C(=O)N(CCCCCCO)C(C(=O)Nc4c(C)cccc4C)C34CC[C@]2(C)O4)cc1. The van der Waals surface area contributed by atoms with Crippen molar-refractivity contribution in [1.29, 1.82) is 0 Å². The third-order valence-electron chi connectivity index (χ3n) is 9.28. The average molecular weight is 578 g/mol. The van der Waals surface area contributed by atoms with Gasteiger partial charge in [0.15, 0.2) is 0 Å². The van der Waals surface area contributed by atoms with Crippen molar-refractivity contribution in [3.63, 3.8) is 0 Å². The van der Waals surface area contributed by atoms with E-state index in [1.807, 2.05) is 45.9 Å². The van der Waals surface area contributed by atoms with E-state index >= 15 is 0 Å². The molecule has 2 aromatic carbocycles. The Hall–Kier alpha value is -3.43. The third-order valence-corrected chi connectivity index (χ3v) is 9.28. The summed E-state index contributed by atoms with van der Waals surface area (Å²) < 4.78 is 12.2. The summed E-state index contributed by atoms with van der Waals surface area (Å²) in [7, 11) is 0. The fourth-order valence-corrected chi connectivity index (χ4v) is 7.34. The minimum absolute atomic E-state index is 0.131. The predicted molar refractivity (Wildman–Crippen MR) is 160 cm³/mol. The molecule has 3 aliphatic rings. The van der Waals surface area contributed by atoms with E-state index in [4.69, 9.17) is 14.6 Å². The molecular formula is C33H43N3O6. The van der Waals surface area contributed by atoms with E-state index in [-0.39, 0.29) is 24.3 Å². The van der Waals surface area contributed by atoms with Crippen molar-refractivity contribution in [3.05, 3.63) is 53.6 Å². The molecule has 42 heavy (non-hydrogen) atoms. The number of likely N-dealkylation sites (tertiary alicyclic amines) is 1. The number of hydrogen-bond donors (Lipinski definition) is 3. The summed E-state index contributed by atoms with van der Waals surface area (Å²) in [5.74, 6) is -1.54. The Bertz CT molecular complexity index is 1310. The van der Waals surface area contributed by atoms with Crippen LogP contribution >= 0.6 is 0 Å². The maximum Gasteiger partial charge on any atom is 0.250 e. The van der Waals surface area contributed by atoms with Crippen molar-refractivity contribution in [1.82, 2.24) is 4.90 Å². The van der Waals surface area contributed by atoms with Gasteiger partial charge in [0.25, 0.3) is 0 Å². The van der Waals surface area contributed by atoms with Crippen LogP contribution in [0.2, 0.25) is 0 Å². The molecule has 1 spiro atoms. The van der Waals surface area contributed by atoms with Gasteiger partial charge in [0.05, 0.1) is 24.0 Å². The minimum Gasteiger partial charge on any atom is -0.494 e. The van der Waals surface area contributed by atoms with Gasteiger partial charge in [-0.25, -0.2) is 0 Å². The Morgan fingerprint density at radius 3 is 2.36 bits per heavy atom. The van der Waals surface area contributed by atoms with Crippen LogP contribution in [0.1, 0.15) is 63.5 Å². The quantitative estimate of drug-likeness (QED) is 0.318. The number of unbranched alkanes of at least 4 members (excludes halogenated alkanes) is 3. The molecule has 2 bridgehead atoms. The minimum atomic E-state index is -1.08. The van der Waals surface area contributed by atoms with Gasteiger partial charge in [-0.05, 0) is 88.8 Å². The lowest BCUT2D eigenvalue weighted by molar-refractivity contribution is -0.143. The molecule has 5 rings (SSSR count). The van der Waals surface area contributed by atoms with Crippen LogP contribution in [0.15, 0.2) is 42.5 Å². The molecule has 226 valence electrons. The Morgan fingerprint density at radius 1 is 1.00 bits per heavy atom. The number of nitrogens with one attached hydrogen (secondary N) is 2. The molecule has 9 heteroatoms. The lowest BCUT2D eigenvalue weighted by atomic mass is 9.66. The number of hydrogen-bond acceptors (Lipinski definition) is 6. The van der Waals surface area contributed by atoms with Crippen molar-refractivity contribution >= 4 is 29.1 Å². The number of aliphatic hydroxyl groups is 1. The molecule has 0 radical (unpaired) electrons. The molecule has 2 unspecified atom stereocenters. The number of fused-ring (bicyclic) bond motifs is 1. The van der Waals surface area contributed by atoms with Crippen LogP contribution in [0.3, 0.4) is 0 Å². The van der Waals surface area contributed by atoms with Crippen molar-refractivity contribution in [2.24, 2.45) is 11.8 Å². The molecule has 3 aliphatic heterocycles. The Kier molecular flexibility index (Phi) is 8.62. The normalized spacial score (nSPS) is 27.7. The highest BCUT2D eigenvalue weighted by Gasteiger charge is 2.77. The average Bonchev–Trinajstić information content (AvgIpc) is 3.52. The Labute approximate surface area is 248 Å². The summed E-state index contributed by atoms with van der Waals surface area (Å²) in [5.41, 5.74) is 1.28. The first kappa shape index (κ1) is 30.0. The van der Waals surface area contributed by atoms with Gasteiger partial charge >= 0.3 is 0 Å². The molecule has 0 aromatic heterocycles. The number of carbonyl (C=O) groups excluding carboxylic acids is 3. The number of carbonyl (C=O) groups is 3. The van der Waals surface area contributed by atoms with Crippen LogP contribution in [0.5, 0.6) is 5.75 Å². The van der Waals surface area contributed by atoms with Crippen LogP contribution in [-0.2, 0) is 19.1 Å². The predicted octanol–water partition coefficient (Wildman–Crippen LogP) is 4.60. The second-order valence-electron chi connectivity index (χ2n) is 12.1. The van der Waals surface area contributed by atoms with Gasteiger partial charge in [0.1, 0.15) is 17.4 Å². The number of benzene rings is 2. The van der Waals surface area contributed by atoms with Crippen LogP contribution in [-0.4, -0.2) is 64.7 Å². The van der Waals surface area contributed by atoms with Gasteiger partial charge in [-0.15, -0.1) is 0 Å². The Balaban J connectivity index is 1.44. The van der Waals surface area contributed by atoms with Gasteiger partial charge in [-0.2, -0.15) is 0 Å². The molecule has 0 aliphatic carbocycles. The van der Waals surface area contributed by atoms with Crippen LogP contribution in [0.25, 0.3) is 0 Å².